The summed E-state index contributed by atoms with van der Waals surface area (Å²) in [5.74, 6) is 0.863. The molecule has 2 aliphatic rings. The first-order valence-corrected chi connectivity index (χ1v) is 8.71. The van der Waals surface area contributed by atoms with Gasteiger partial charge in [-0.05, 0) is 63.7 Å². The molecular formula is C17H35N3. The molecule has 1 heterocycles. The molecule has 0 amide bonds. The molecule has 1 aliphatic heterocycles. The molecule has 2 N–H and O–H groups in total. The number of rotatable bonds is 4. The highest BCUT2D eigenvalue weighted by Crippen LogP contribution is 2.39. The summed E-state index contributed by atoms with van der Waals surface area (Å²) in [4.78, 5) is 5.28. The first-order valence-electron chi connectivity index (χ1n) is 8.71. The van der Waals surface area contributed by atoms with Gasteiger partial charge in [0.1, 0.15) is 0 Å². The van der Waals surface area contributed by atoms with Gasteiger partial charge in [0.25, 0.3) is 0 Å². The Labute approximate surface area is 125 Å². The third-order valence-corrected chi connectivity index (χ3v) is 5.65. The van der Waals surface area contributed by atoms with Crippen LogP contribution in [0, 0.1) is 11.3 Å². The van der Waals surface area contributed by atoms with Crippen LogP contribution in [0.15, 0.2) is 0 Å². The molecule has 0 bridgehead atoms. The van der Waals surface area contributed by atoms with Crippen LogP contribution in [0.2, 0.25) is 0 Å². The second kappa shape index (κ2) is 7.24. The van der Waals surface area contributed by atoms with Crippen LogP contribution in [-0.4, -0.2) is 55.6 Å². The molecule has 3 atom stereocenters. The number of hydrogen-bond donors (Lipinski definition) is 1. The van der Waals surface area contributed by atoms with Gasteiger partial charge in [0, 0.05) is 19.1 Å². The summed E-state index contributed by atoms with van der Waals surface area (Å²) in [6.45, 7) is 10.6. The van der Waals surface area contributed by atoms with Crippen LogP contribution >= 0.6 is 0 Å². The van der Waals surface area contributed by atoms with Gasteiger partial charge in [-0.1, -0.05) is 26.7 Å². The largest absolute Gasteiger partial charge is 0.330 e. The Morgan fingerprint density at radius 3 is 2.70 bits per heavy atom. The number of hydrogen-bond acceptors (Lipinski definition) is 3. The van der Waals surface area contributed by atoms with Crippen molar-refractivity contribution in [1.29, 1.82) is 0 Å². The van der Waals surface area contributed by atoms with E-state index in [1.807, 2.05) is 0 Å². The molecule has 3 nitrogen and oxygen atoms in total. The first-order chi connectivity index (χ1) is 9.58. The minimum absolute atomic E-state index is 0.397. The number of likely N-dealkylation sites (N-methyl/N-ethyl adjacent to an activating group) is 1. The van der Waals surface area contributed by atoms with Gasteiger partial charge in [-0.25, -0.2) is 0 Å². The predicted molar refractivity (Wildman–Crippen MR) is 86.9 cm³/mol. The van der Waals surface area contributed by atoms with E-state index in [4.69, 9.17) is 5.73 Å². The van der Waals surface area contributed by atoms with Crippen LogP contribution in [0.1, 0.15) is 52.4 Å². The third-order valence-electron chi connectivity index (χ3n) is 5.65. The molecule has 20 heavy (non-hydrogen) atoms. The Hall–Kier alpha value is -0.120. The van der Waals surface area contributed by atoms with E-state index in [2.05, 4.69) is 30.7 Å². The zero-order valence-corrected chi connectivity index (χ0v) is 13.9. The molecule has 3 heteroatoms. The average Bonchev–Trinajstić information content (AvgIpc) is 2.60. The van der Waals surface area contributed by atoms with Crippen molar-refractivity contribution < 1.29 is 0 Å². The fourth-order valence-electron chi connectivity index (χ4n) is 4.48. The van der Waals surface area contributed by atoms with Crippen molar-refractivity contribution in [2.45, 2.75) is 58.4 Å². The van der Waals surface area contributed by atoms with E-state index in [0.717, 1.165) is 18.5 Å². The van der Waals surface area contributed by atoms with Crippen molar-refractivity contribution in [3.05, 3.63) is 0 Å². The molecule has 118 valence electrons. The van der Waals surface area contributed by atoms with Crippen molar-refractivity contribution in [1.82, 2.24) is 9.80 Å². The standard InChI is InChI=1S/C17H35N3/c1-4-16-12-19(3)9-6-10-20(16)14-17(13-18)8-5-7-15(2)11-17/h15-16H,4-14,18H2,1-3H3. The van der Waals surface area contributed by atoms with Gasteiger partial charge in [-0.3, -0.25) is 4.90 Å². The van der Waals surface area contributed by atoms with Crippen molar-refractivity contribution in [3.63, 3.8) is 0 Å². The molecular weight excluding hydrogens is 246 g/mol. The molecule has 1 aliphatic carbocycles. The Bertz CT molecular complexity index is 294. The minimum Gasteiger partial charge on any atom is -0.330 e. The van der Waals surface area contributed by atoms with Gasteiger partial charge in [-0.2, -0.15) is 0 Å². The lowest BCUT2D eigenvalue weighted by Crippen LogP contribution is -2.50. The first kappa shape index (κ1) is 16.3. The van der Waals surface area contributed by atoms with Gasteiger partial charge < -0.3 is 10.6 Å². The highest BCUT2D eigenvalue weighted by atomic mass is 15.2. The predicted octanol–water partition coefficient (Wildman–Crippen LogP) is 2.56. The summed E-state index contributed by atoms with van der Waals surface area (Å²) in [7, 11) is 2.27. The van der Waals surface area contributed by atoms with Crippen LogP contribution in [0.3, 0.4) is 0 Å². The van der Waals surface area contributed by atoms with Gasteiger partial charge in [-0.15, -0.1) is 0 Å². The van der Waals surface area contributed by atoms with Gasteiger partial charge in [0.05, 0.1) is 0 Å². The quantitative estimate of drug-likeness (QED) is 0.859. The Morgan fingerprint density at radius 2 is 2.05 bits per heavy atom. The summed E-state index contributed by atoms with van der Waals surface area (Å²) in [6, 6.07) is 0.725. The topological polar surface area (TPSA) is 32.5 Å². The minimum atomic E-state index is 0.397. The summed E-state index contributed by atoms with van der Waals surface area (Å²) in [5.41, 5.74) is 6.63. The Balaban J connectivity index is 2.04. The van der Waals surface area contributed by atoms with Crippen molar-refractivity contribution >= 4 is 0 Å². The summed E-state index contributed by atoms with van der Waals surface area (Å²) in [6.07, 6.45) is 8.04. The van der Waals surface area contributed by atoms with Crippen LogP contribution in [0.5, 0.6) is 0 Å². The average molecular weight is 281 g/mol. The molecule has 0 aromatic heterocycles. The molecule has 2 fully saturated rings. The highest BCUT2D eigenvalue weighted by Gasteiger charge is 2.37. The lowest BCUT2D eigenvalue weighted by molar-refractivity contribution is 0.0634. The lowest BCUT2D eigenvalue weighted by Gasteiger charge is -2.44. The second-order valence-electron chi connectivity index (χ2n) is 7.55. The monoisotopic (exact) mass is 281 g/mol. The van der Waals surface area contributed by atoms with E-state index >= 15 is 0 Å². The van der Waals surface area contributed by atoms with E-state index in [0.29, 0.717) is 5.41 Å². The van der Waals surface area contributed by atoms with Crippen LogP contribution in [-0.2, 0) is 0 Å². The Morgan fingerprint density at radius 1 is 1.25 bits per heavy atom. The molecule has 0 radical (unpaired) electrons. The Kier molecular flexibility index (Phi) is 5.88. The van der Waals surface area contributed by atoms with Gasteiger partial charge >= 0.3 is 0 Å². The second-order valence-corrected chi connectivity index (χ2v) is 7.55. The van der Waals surface area contributed by atoms with E-state index in [-0.39, 0.29) is 0 Å². The maximum absolute atomic E-state index is 6.23. The molecule has 0 aromatic carbocycles. The van der Waals surface area contributed by atoms with Gasteiger partial charge in [0.2, 0.25) is 0 Å². The zero-order chi connectivity index (χ0) is 14.6. The van der Waals surface area contributed by atoms with Crippen molar-refractivity contribution in [2.24, 2.45) is 17.1 Å². The fourth-order valence-corrected chi connectivity index (χ4v) is 4.48. The normalized spacial score (nSPS) is 37.8. The van der Waals surface area contributed by atoms with Crippen molar-refractivity contribution in [3.8, 4) is 0 Å². The van der Waals surface area contributed by atoms with Crippen LogP contribution < -0.4 is 5.73 Å². The number of nitrogens with zero attached hydrogens (tertiary/aromatic N) is 2. The lowest BCUT2D eigenvalue weighted by atomic mass is 9.69. The van der Waals surface area contributed by atoms with E-state index in [1.165, 1.54) is 64.7 Å². The smallest absolute Gasteiger partial charge is 0.0220 e. The van der Waals surface area contributed by atoms with Gasteiger partial charge in [0.15, 0.2) is 0 Å². The van der Waals surface area contributed by atoms with Crippen LogP contribution in [0.25, 0.3) is 0 Å². The summed E-state index contributed by atoms with van der Waals surface area (Å²) in [5, 5.41) is 0. The fraction of sp³-hybridized carbons (Fsp3) is 1.00. The summed E-state index contributed by atoms with van der Waals surface area (Å²) >= 11 is 0. The molecule has 1 saturated heterocycles. The maximum atomic E-state index is 6.23. The molecule has 1 saturated carbocycles. The van der Waals surface area contributed by atoms with Crippen molar-refractivity contribution in [2.75, 3.05) is 39.8 Å². The molecule has 2 rings (SSSR count). The number of nitrogens with two attached hydrogens (primary N) is 1. The highest BCUT2D eigenvalue weighted by molar-refractivity contribution is 4.91. The van der Waals surface area contributed by atoms with E-state index in [1.54, 1.807) is 0 Å². The van der Waals surface area contributed by atoms with E-state index < -0.39 is 0 Å². The van der Waals surface area contributed by atoms with E-state index in [9.17, 15) is 0 Å². The third kappa shape index (κ3) is 3.96. The van der Waals surface area contributed by atoms with Crippen LogP contribution in [0.4, 0.5) is 0 Å². The SMILES string of the molecule is CCC1CN(C)CCCN1CC1(CN)CCCC(C)C1. The molecule has 3 unspecified atom stereocenters. The maximum Gasteiger partial charge on any atom is 0.0220 e. The molecule has 0 spiro atoms. The molecule has 0 aromatic rings. The zero-order valence-electron chi connectivity index (χ0n) is 13.9. The summed E-state index contributed by atoms with van der Waals surface area (Å²) < 4.78 is 0.